The molecule has 8 heteroatoms. The van der Waals surface area contributed by atoms with Crippen LogP contribution in [-0.4, -0.2) is 10.8 Å². The smallest absolute Gasteiger partial charge is 0.404 e. The number of anilines is 1. The van der Waals surface area contributed by atoms with E-state index in [1.807, 2.05) is 0 Å². The molecule has 0 unspecified atom stereocenters. The van der Waals surface area contributed by atoms with E-state index < -0.39 is 16.6 Å². The first-order valence-corrected chi connectivity index (χ1v) is 5.53. The Hall–Kier alpha value is -2.90. The predicted octanol–water partition coefficient (Wildman–Crippen LogP) is 2.04. The van der Waals surface area contributed by atoms with Crippen LogP contribution in [0.15, 0.2) is 34.7 Å². The Bertz CT molecular complexity index is 668. The number of benzene rings is 1. The average molecular weight is 279 g/mol. The van der Waals surface area contributed by atoms with Crippen LogP contribution >= 0.6 is 0 Å². The number of hydrogen-bond acceptors (Lipinski definition) is 5. The first kappa shape index (κ1) is 13.5. The van der Waals surface area contributed by atoms with Gasteiger partial charge in [0.1, 0.15) is 16.5 Å². The van der Waals surface area contributed by atoms with Gasteiger partial charge in [-0.2, -0.15) is 0 Å². The third-order valence-electron chi connectivity index (χ3n) is 2.53. The Balaban J connectivity index is 2.08. The van der Waals surface area contributed by atoms with Gasteiger partial charge in [-0.1, -0.05) is 0 Å². The summed E-state index contributed by atoms with van der Waals surface area (Å²) in [5.41, 5.74) is 5.24. The Morgan fingerprint density at radius 1 is 1.40 bits per heavy atom. The number of nitro groups is 1. The third kappa shape index (κ3) is 2.91. The van der Waals surface area contributed by atoms with Gasteiger partial charge in [-0.05, 0) is 24.3 Å². The Labute approximate surface area is 112 Å². The van der Waals surface area contributed by atoms with Crippen molar-refractivity contribution in [2.45, 2.75) is 6.54 Å². The highest BCUT2D eigenvalue weighted by Gasteiger charge is 2.12. The number of amides is 1. The molecule has 7 nitrogen and oxygen atoms in total. The Morgan fingerprint density at radius 3 is 2.75 bits per heavy atom. The molecule has 2 rings (SSSR count). The molecule has 1 heterocycles. The number of halogens is 1. The van der Waals surface area contributed by atoms with E-state index in [1.54, 1.807) is 0 Å². The van der Waals surface area contributed by atoms with Crippen molar-refractivity contribution in [3.05, 3.63) is 57.6 Å². The number of hydrogen-bond donors (Lipinski definition) is 2. The summed E-state index contributed by atoms with van der Waals surface area (Å²) in [7, 11) is 0. The zero-order valence-electron chi connectivity index (χ0n) is 10.1. The lowest BCUT2D eigenvalue weighted by Gasteiger charge is -2.06. The zero-order chi connectivity index (χ0) is 14.7. The molecule has 1 amide bonds. The maximum atomic E-state index is 13.3. The van der Waals surface area contributed by atoms with Crippen LogP contribution in [0.25, 0.3) is 0 Å². The van der Waals surface area contributed by atoms with E-state index in [2.05, 4.69) is 5.32 Å². The van der Waals surface area contributed by atoms with Gasteiger partial charge in [0.25, 0.3) is 5.91 Å². The minimum Gasteiger partial charge on any atom is -0.404 e. The monoisotopic (exact) mass is 279 g/mol. The summed E-state index contributed by atoms with van der Waals surface area (Å²) in [6.07, 6.45) is 0. The van der Waals surface area contributed by atoms with Gasteiger partial charge in [-0.3, -0.25) is 14.9 Å². The molecule has 0 aliphatic heterocycles. The van der Waals surface area contributed by atoms with Crippen molar-refractivity contribution < 1.29 is 18.5 Å². The molecule has 104 valence electrons. The van der Waals surface area contributed by atoms with Crippen molar-refractivity contribution in [1.82, 2.24) is 0 Å². The lowest BCUT2D eigenvalue weighted by Crippen LogP contribution is -2.13. The molecule has 3 N–H and O–H groups in total. The first-order chi connectivity index (χ1) is 9.47. The molecule has 1 aromatic carbocycles. The standard InChI is InChI=1S/C12H10FN3O4/c13-10-3-1-7(5-9(10)12(14)17)15-6-8-2-4-11(20-8)16(18)19/h1-5,15H,6H2,(H2,14,17). The van der Waals surface area contributed by atoms with Crippen LogP contribution in [0.5, 0.6) is 0 Å². The van der Waals surface area contributed by atoms with E-state index >= 15 is 0 Å². The highest BCUT2D eigenvalue weighted by atomic mass is 19.1. The highest BCUT2D eigenvalue weighted by Crippen LogP contribution is 2.18. The minimum absolute atomic E-state index is 0.150. The molecular formula is C12H10FN3O4. The van der Waals surface area contributed by atoms with Crippen molar-refractivity contribution in [3.63, 3.8) is 0 Å². The van der Waals surface area contributed by atoms with Gasteiger partial charge in [0.15, 0.2) is 0 Å². The van der Waals surface area contributed by atoms with E-state index in [0.717, 1.165) is 6.07 Å². The summed E-state index contributed by atoms with van der Waals surface area (Å²) in [6.45, 7) is 0.150. The fourth-order valence-corrected chi connectivity index (χ4v) is 1.57. The molecule has 0 aliphatic carbocycles. The summed E-state index contributed by atoms with van der Waals surface area (Å²) in [6, 6.07) is 6.46. The zero-order valence-corrected chi connectivity index (χ0v) is 10.1. The number of furan rings is 1. The molecule has 0 fully saturated rings. The fourth-order valence-electron chi connectivity index (χ4n) is 1.57. The predicted molar refractivity (Wildman–Crippen MR) is 67.6 cm³/mol. The average Bonchev–Trinajstić information content (AvgIpc) is 2.86. The van der Waals surface area contributed by atoms with Gasteiger partial charge in [-0.15, -0.1) is 0 Å². The van der Waals surface area contributed by atoms with Crippen LogP contribution in [0.3, 0.4) is 0 Å². The molecule has 0 saturated carbocycles. The third-order valence-corrected chi connectivity index (χ3v) is 2.53. The van der Waals surface area contributed by atoms with Gasteiger partial charge in [0, 0.05) is 5.69 Å². The number of carbonyl (C=O) groups is 1. The van der Waals surface area contributed by atoms with Crippen LogP contribution in [0.1, 0.15) is 16.1 Å². The maximum absolute atomic E-state index is 13.3. The van der Waals surface area contributed by atoms with Crippen LogP contribution in [0.4, 0.5) is 16.0 Å². The number of carbonyl (C=O) groups excluding carboxylic acids is 1. The van der Waals surface area contributed by atoms with Crippen molar-refractivity contribution >= 4 is 17.5 Å². The largest absolute Gasteiger partial charge is 0.433 e. The van der Waals surface area contributed by atoms with Crippen LogP contribution in [-0.2, 0) is 6.54 Å². The SMILES string of the molecule is NC(=O)c1cc(NCc2ccc([N+](=O)[O-])o2)ccc1F. The van der Waals surface area contributed by atoms with E-state index in [-0.39, 0.29) is 18.0 Å². The molecule has 2 aromatic rings. The normalized spacial score (nSPS) is 10.2. The molecule has 0 radical (unpaired) electrons. The van der Waals surface area contributed by atoms with E-state index in [0.29, 0.717) is 11.4 Å². The van der Waals surface area contributed by atoms with E-state index in [4.69, 9.17) is 10.2 Å². The van der Waals surface area contributed by atoms with E-state index in [1.165, 1.54) is 24.3 Å². The quantitative estimate of drug-likeness (QED) is 0.642. The molecule has 0 bridgehead atoms. The molecular weight excluding hydrogens is 269 g/mol. The number of nitrogens with zero attached hydrogens (tertiary/aromatic N) is 1. The second-order valence-corrected chi connectivity index (χ2v) is 3.91. The second-order valence-electron chi connectivity index (χ2n) is 3.91. The topological polar surface area (TPSA) is 111 Å². The Morgan fingerprint density at radius 2 is 2.15 bits per heavy atom. The molecule has 20 heavy (non-hydrogen) atoms. The van der Waals surface area contributed by atoms with Crippen molar-refractivity contribution in [2.24, 2.45) is 5.73 Å². The van der Waals surface area contributed by atoms with Crippen LogP contribution < -0.4 is 11.1 Å². The maximum Gasteiger partial charge on any atom is 0.433 e. The van der Waals surface area contributed by atoms with Crippen molar-refractivity contribution in [1.29, 1.82) is 0 Å². The summed E-state index contributed by atoms with van der Waals surface area (Å²) in [5.74, 6) is -1.61. The summed E-state index contributed by atoms with van der Waals surface area (Å²) in [5, 5.41) is 13.3. The van der Waals surface area contributed by atoms with Gasteiger partial charge in [0.05, 0.1) is 18.2 Å². The Kier molecular flexibility index (Phi) is 3.65. The minimum atomic E-state index is -0.875. The van der Waals surface area contributed by atoms with Gasteiger partial charge in [-0.25, -0.2) is 4.39 Å². The van der Waals surface area contributed by atoms with Crippen molar-refractivity contribution in [2.75, 3.05) is 5.32 Å². The summed E-state index contributed by atoms with van der Waals surface area (Å²) < 4.78 is 18.2. The molecule has 1 aromatic heterocycles. The van der Waals surface area contributed by atoms with Crippen LogP contribution in [0, 0.1) is 15.9 Å². The summed E-state index contributed by atoms with van der Waals surface area (Å²) in [4.78, 5) is 20.8. The van der Waals surface area contributed by atoms with Gasteiger partial charge in [0.2, 0.25) is 0 Å². The second kappa shape index (κ2) is 5.39. The highest BCUT2D eigenvalue weighted by molar-refractivity contribution is 5.94. The summed E-state index contributed by atoms with van der Waals surface area (Å²) >= 11 is 0. The van der Waals surface area contributed by atoms with Crippen molar-refractivity contribution in [3.8, 4) is 0 Å². The number of nitrogens with two attached hydrogens (primary N) is 1. The number of primary amides is 1. The molecule has 0 atom stereocenters. The number of nitrogens with one attached hydrogen (secondary N) is 1. The van der Waals surface area contributed by atoms with Crippen LogP contribution in [0.2, 0.25) is 0 Å². The number of rotatable bonds is 5. The molecule has 0 saturated heterocycles. The lowest BCUT2D eigenvalue weighted by atomic mass is 10.2. The van der Waals surface area contributed by atoms with Gasteiger partial charge >= 0.3 is 5.88 Å². The van der Waals surface area contributed by atoms with E-state index in [9.17, 15) is 19.3 Å². The fraction of sp³-hybridized carbons (Fsp3) is 0.0833. The molecule has 0 aliphatic rings. The molecule has 0 spiro atoms. The van der Waals surface area contributed by atoms with Gasteiger partial charge < -0.3 is 15.5 Å². The lowest BCUT2D eigenvalue weighted by molar-refractivity contribution is -0.402. The first-order valence-electron chi connectivity index (χ1n) is 5.53.